The van der Waals surface area contributed by atoms with E-state index in [-0.39, 0.29) is 12.1 Å². The summed E-state index contributed by atoms with van der Waals surface area (Å²) in [4.78, 5) is 14.5. The predicted molar refractivity (Wildman–Crippen MR) is 102 cm³/mol. The maximum atomic E-state index is 12.0. The van der Waals surface area contributed by atoms with E-state index >= 15 is 0 Å². The van der Waals surface area contributed by atoms with Crippen LogP contribution in [0.1, 0.15) is 24.0 Å². The van der Waals surface area contributed by atoms with E-state index in [2.05, 4.69) is 27.7 Å². The minimum atomic E-state index is -0.0833. The van der Waals surface area contributed by atoms with Crippen molar-refractivity contribution >= 4 is 17.6 Å². The quantitative estimate of drug-likeness (QED) is 0.854. The highest BCUT2D eigenvalue weighted by Crippen LogP contribution is 2.16. The maximum absolute atomic E-state index is 12.0. The number of nitrogens with zero attached hydrogens (tertiary/aromatic N) is 1. The first-order valence-corrected chi connectivity index (χ1v) is 9.12. The summed E-state index contributed by atoms with van der Waals surface area (Å²) in [5, 5.41) is 6.78. The molecule has 1 saturated heterocycles. The van der Waals surface area contributed by atoms with Crippen LogP contribution in [-0.4, -0.2) is 30.1 Å². The first-order chi connectivity index (χ1) is 12.2. The monoisotopic (exact) mass is 357 g/mol. The smallest absolute Gasteiger partial charge is 0.315 e. The van der Waals surface area contributed by atoms with E-state index in [9.17, 15) is 4.79 Å². The van der Waals surface area contributed by atoms with Crippen molar-refractivity contribution in [3.63, 3.8) is 0 Å². The molecule has 0 bridgehead atoms. The van der Waals surface area contributed by atoms with E-state index in [0.29, 0.717) is 6.54 Å². The van der Waals surface area contributed by atoms with E-state index in [0.717, 1.165) is 43.1 Å². The number of amides is 2. The van der Waals surface area contributed by atoms with E-state index in [1.54, 1.807) is 0 Å². The van der Waals surface area contributed by atoms with Crippen LogP contribution in [0.5, 0.6) is 0 Å². The summed E-state index contributed by atoms with van der Waals surface area (Å²) in [5.74, 6) is 0. The molecule has 0 radical (unpaired) electrons. The Morgan fingerprint density at radius 2 is 1.68 bits per heavy atom. The Balaban J connectivity index is 1.37. The van der Waals surface area contributed by atoms with Crippen molar-refractivity contribution in [1.29, 1.82) is 0 Å². The normalized spacial score (nSPS) is 15.7. The molecule has 0 aromatic heterocycles. The number of carbonyl (C=O) groups excluding carboxylic acids is 1. The Morgan fingerprint density at radius 3 is 2.36 bits per heavy atom. The number of piperidine rings is 1. The van der Waals surface area contributed by atoms with Gasteiger partial charge in [0.25, 0.3) is 0 Å². The van der Waals surface area contributed by atoms with E-state index in [1.165, 1.54) is 5.56 Å². The predicted octanol–water partition coefficient (Wildman–Crippen LogP) is 3.80. The zero-order chi connectivity index (χ0) is 17.5. The highest BCUT2D eigenvalue weighted by molar-refractivity contribution is 6.30. The maximum Gasteiger partial charge on any atom is 0.315 e. The van der Waals surface area contributed by atoms with Crippen molar-refractivity contribution in [2.24, 2.45) is 0 Å². The van der Waals surface area contributed by atoms with Crippen LogP contribution in [0.4, 0.5) is 4.79 Å². The van der Waals surface area contributed by atoms with Crippen LogP contribution in [-0.2, 0) is 13.1 Å². The van der Waals surface area contributed by atoms with Gasteiger partial charge in [0, 0.05) is 37.2 Å². The van der Waals surface area contributed by atoms with Gasteiger partial charge >= 0.3 is 6.03 Å². The summed E-state index contributed by atoms with van der Waals surface area (Å²) in [6, 6.07) is 18.1. The van der Waals surface area contributed by atoms with Gasteiger partial charge in [0.05, 0.1) is 0 Å². The van der Waals surface area contributed by atoms with Crippen LogP contribution in [0.2, 0.25) is 5.02 Å². The van der Waals surface area contributed by atoms with Crippen LogP contribution >= 0.6 is 11.6 Å². The molecule has 1 aliphatic rings. The van der Waals surface area contributed by atoms with Crippen LogP contribution in [0.25, 0.3) is 0 Å². The van der Waals surface area contributed by atoms with Crippen molar-refractivity contribution in [2.75, 3.05) is 13.1 Å². The lowest BCUT2D eigenvalue weighted by Crippen LogP contribution is -2.47. The fourth-order valence-electron chi connectivity index (χ4n) is 3.10. The molecule has 25 heavy (non-hydrogen) atoms. The summed E-state index contributed by atoms with van der Waals surface area (Å²) in [7, 11) is 0. The molecule has 2 aromatic carbocycles. The number of halogens is 1. The van der Waals surface area contributed by atoms with Crippen molar-refractivity contribution in [3.8, 4) is 0 Å². The standard InChI is InChI=1S/C20H24ClN3O/c21-18-8-6-17(7-9-18)15-24-12-10-19(11-13-24)23-20(25)22-14-16-4-2-1-3-5-16/h1-9,19H,10-15H2,(H2,22,23,25). The second kappa shape index (κ2) is 8.88. The Bertz CT molecular complexity index is 667. The lowest BCUT2D eigenvalue weighted by atomic mass is 10.0. The number of benzene rings is 2. The van der Waals surface area contributed by atoms with Crippen LogP contribution < -0.4 is 10.6 Å². The number of hydrogen-bond acceptors (Lipinski definition) is 2. The topological polar surface area (TPSA) is 44.4 Å². The van der Waals surface area contributed by atoms with Crippen molar-refractivity contribution in [2.45, 2.75) is 32.0 Å². The molecule has 1 heterocycles. The SMILES string of the molecule is O=C(NCc1ccccc1)NC1CCN(Cc2ccc(Cl)cc2)CC1. The highest BCUT2D eigenvalue weighted by Gasteiger charge is 2.20. The van der Waals surface area contributed by atoms with Crippen LogP contribution in [0, 0.1) is 0 Å². The molecule has 2 amide bonds. The average molecular weight is 358 g/mol. The van der Waals surface area contributed by atoms with Gasteiger partial charge in [-0.25, -0.2) is 4.79 Å². The van der Waals surface area contributed by atoms with Gasteiger partial charge in [-0.15, -0.1) is 0 Å². The fourth-order valence-corrected chi connectivity index (χ4v) is 3.22. The Kier molecular flexibility index (Phi) is 6.31. The average Bonchev–Trinajstić information content (AvgIpc) is 2.64. The molecule has 1 fully saturated rings. The van der Waals surface area contributed by atoms with E-state index in [1.807, 2.05) is 42.5 Å². The number of hydrogen-bond donors (Lipinski definition) is 2. The molecule has 0 spiro atoms. The molecule has 0 aliphatic carbocycles. The zero-order valence-corrected chi connectivity index (χ0v) is 15.0. The van der Waals surface area contributed by atoms with E-state index < -0.39 is 0 Å². The molecule has 5 heteroatoms. The summed E-state index contributed by atoms with van der Waals surface area (Å²) >= 11 is 5.93. The number of carbonyl (C=O) groups is 1. The molecule has 4 nitrogen and oxygen atoms in total. The van der Waals surface area contributed by atoms with Crippen molar-refractivity contribution < 1.29 is 4.79 Å². The summed E-state index contributed by atoms with van der Waals surface area (Å²) in [5.41, 5.74) is 2.38. The molecular weight excluding hydrogens is 334 g/mol. The Hall–Kier alpha value is -2.04. The molecule has 0 unspecified atom stereocenters. The number of nitrogens with one attached hydrogen (secondary N) is 2. The van der Waals surface area contributed by atoms with Crippen molar-refractivity contribution in [3.05, 3.63) is 70.7 Å². The minimum Gasteiger partial charge on any atom is -0.335 e. The van der Waals surface area contributed by atoms with Gasteiger partial charge in [0.1, 0.15) is 0 Å². The second-order valence-electron chi connectivity index (χ2n) is 6.49. The second-order valence-corrected chi connectivity index (χ2v) is 6.93. The largest absolute Gasteiger partial charge is 0.335 e. The molecule has 0 atom stereocenters. The summed E-state index contributed by atoms with van der Waals surface area (Å²) in [6.45, 7) is 3.48. The summed E-state index contributed by atoms with van der Waals surface area (Å²) in [6.07, 6.45) is 1.96. The molecule has 2 N–H and O–H groups in total. The first kappa shape index (κ1) is 17.8. The van der Waals surface area contributed by atoms with Gasteiger partial charge in [-0.3, -0.25) is 4.90 Å². The van der Waals surface area contributed by atoms with Crippen LogP contribution in [0.3, 0.4) is 0 Å². The molecule has 0 saturated carbocycles. The first-order valence-electron chi connectivity index (χ1n) is 8.74. The van der Waals surface area contributed by atoms with Gasteiger partial charge in [-0.1, -0.05) is 54.1 Å². The number of likely N-dealkylation sites (tertiary alicyclic amines) is 1. The third-order valence-corrected chi connectivity index (χ3v) is 4.79. The minimum absolute atomic E-state index is 0.0833. The van der Waals surface area contributed by atoms with Gasteiger partial charge in [-0.2, -0.15) is 0 Å². The molecule has 1 aliphatic heterocycles. The molecule has 2 aromatic rings. The molecule has 132 valence electrons. The van der Waals surface area contributed by atoms with Gasteiger partial charge in [-0.05, 0) is 36.1 Å². The fraction of sp³-hybridized carbons (Fsp3) is 0.350. The Morgan fingerprint density at radius 1 is 1.00 bits per heavy atom. The highest BCUT2D eigenvalue weighted by atomic mass is 35.5. The van der Waals surface area contributed by atoms with Crippen molar-refractivity contribution in [1.82, 2.24) is 15.5 Å². The third kappa shape index (κ3) is 5.76. The molecular formula is C20H24ClN3O. The Labute approximate surface area is 154 Å². The molecule has 3 rings (SSSR count). The summed E-state index contributed by atoms with van der Waals surface area (Å²) < 4.78 is 0. The lowest BCUT2D eigenvalue weighted by Gasteiger charge is -2.32. The van der Waals surface area contributed by atoms with Gasteiger partial charge in [0.15, 0.2) is 0 Å². The van der Waals surface area contributed by atoms with Gasteiger partial charge in [0.2, 0.25) is 0 Å². The lowest BCUT2D eigenvalue weighted by molar-refractivity contribution is 0.186. The van der Waals surface area contributed by atoms with Gasteiger partial charge < -0.3 is 10.6 Å². The number of rotatable bonds is 5. The number of urea groups is 1. The van der Waals surface area contributed by atoms with E-state index in [4.69, 9.17) is 11.6 Å². The van der Waals surface area contributed by atoms with Crippen LogP contribution in [0.15, 0.2) is 54.6 Å². The zero-order valence-electron chi connectivity index (χ0n) is 14.2. The third-order valence-electron chi connectivity index (χ3n) is 4.54.